The molecular formula is C8H6BrNO3. The largest absolute Gasteiger partial charge is 0.493 e. The number of nitrogens with zero attached hydrogens (tertiary/aromatic N) is 1. The molecule has 1 aromatic carbocycles. The number of nitro benzene ring substituents is 1. The molecule has 0 spiro atoms. The van der Waals surface area contributed by atoms with Crippen LogP contribution in [0.2, 0.25) is 0 Å². The maximum absolute atomic E-state index is 10.6. The highest BCUT2D eigenvalue weighted by Gasteiger charge is 2.20. The van der Waals surface area contributed by atoms with Crippen LogP contribution in [0.1, 0.15) is 5.56 Å². The highest BCUT2D eigenvalue weighted by molar-refractivity contribution is 9.10. The number of halogens is 1. The Morgan fingerprint density at radius 1 is 1.54 bits per heavy atom. The number of ether oxygens (including phenoxy) is 1. The van der Waals surface area contributed by atoms with E-state index in [1.165, 1.54) is 0 Å². The van der Waals surface area contributed by atoms with E-state index < -0.39 is 4.92 Å². The second-order valence-corrected chi connectivity index (χ2v) is 3.62. The Hall–Kier alpha value is -1.10. The molecule has 0 radical (unpaired) electrons. The summed E-state index contributed by atoms with van der Waals surface area (Å²) < 4.78 is 5.73. The molecule has 0 bridgehead atoms. The van der Waals surface area contributed by atoms with Crippen molar-refractivity contribution in [1.82, 2.24) is 0 Å². The predicted octanol–water partition coefficient (Wildman–Crippen LogP) is 2.29. The van der Waals surface area contributed by atoms with Gasteiger partial charge in [-0.15, -0.1) is 0 Å². The first-order chi connectivity index (χ1) is 6.18. The molecule has 1 aromatic rings. The summed E-state index contributed by atoms with van der Waals surface area (Å²) in [5.41, 5.74) is 1.01. The third-order valence-corrected chi connectivity index (χ3v) is 2.59. The number of rotatable bonds is 1. The molecule has 1 heterocycles. The Bertz CT molecular complexity index is 378. The normalized spacial score (nSPS) is 13.6. The molecule has 0 unspecified atom stereocenters. The van der Waals surface area contributed by atoms with Gasteiger partial charge in [0.25, 0.3) is 5.69 Å². The Labute approximate surface area is 82.8 Å². The van der Waals surface area contributed by atoms with Crippen LogP contribution in [0.15, 0.2) is 16.6 Å². The van der Waals surface area contributed by atoms with Crippen molar-refractivity contribution in [3.8, 4) is 5.75 Å². The highest BCUT2D eigenvalue weighted by atomic mass is 79.9. The molecule has 2 rings (SSSR count). The molecule has 0 aliphatic carbocycles. The van der Waals surface area contributed by atoms with Gasteiger partial charge in [0.05, 0.1) is 16.0 Å². The van der Waals surface area contributed by atoms with Gasteiger partial charge >= 0.3 is 0 Å². The fourth-order valence-electron chi connectivity index (χ4n) is 1.33. The minimum atomic E-state index is -0.400. The molecule has 1 aliphatic rings. The maximum Gasteiger partial charge on any atom is 0.284 e. The van der Waals surface area contributed by atoms with Crippen LogP contribution in [0.4, 0.5) is 5.69 Å². The highest BCUT2D eigenvalue weighted by Crippen LogP contribution is 2.35. The summed E-state index contributed by atoms with van der Waals surface area (Å²) in [6.45, 7) is 0.614. The van der Waals surface area contributed by atoms with E-state index in [0.29, 0.717) is 11.1 Å². The molecule has 0 saturated heterocycles. The Morgan fingerprint density at radius 3 is 3.00 bits per heavy atom. The van der Waals surface area contributed by atoms with Crippen molar-refractivity contribution in [1.29, 1.82) is 0 Å². The van der Waals surface area contributed by atoms with Crippen LogP contribution >= 0.6 is 15.9 Å². The van der Waals surface area contributed by atoms with E-state index in [0.717, 1.165) is 17.7 Å². The van der Waals surface area contributed by atoms with Gasteiger partial charge in [-0.05, 0) is 15.9 Å². The molecule has 13 heavy (non-hydrogen) atoms. The Kier molecular flexibility index (Phi) is 1.95. The van der Waals surface area contributed by atoms with Gasteiger partial charge in [0, 0.05) is 24.1 Å². The Morgan fingerprint density at radius 2 is 2.31 bits per heavy atom. The average molecular weight is 244 g/mol. The smallest absolute Gasteiger partial charge is 0.284 e. The van der Waals surface area contributed by atoms with Crippen LogP contribution in [0, 0.1) is 10.1 Å². The van der Waals surface area contributed by atoms with E-state index >= 15 is 0 Å². The van der Waals surface area contributed by atoms with Crippen molar-refractivity contribution < 1.29 is 9.66 Å². The molecule has 0 atom stereocenters. The van der Waals surface area contributed by atoms with Gasteiger partial charge in [-0.1, -0.05) is 0 Å². The molecule has 0 fully saturated rings. The van der Waals surface area contributed by atoms with Crippen LogP contribution in [0.5, 0.6) is 5.75 Å². The standard InChI is InChI=1S/C8H6BrNO3/c9-6-4-8-5(1-2-13-8)3-7(6)10(11)12/h3-4H,1-2H2. The van der Waals surface area contributed by atoms with Crippen molar-refractivity contribution in [3.05, 3.63) is 32.3 Å². The summed E-state index contributed by atoms with van der Waals surface area (Å²) in [5.74, 6) is 0.748. The van der Waals surface area contributed by atoms with E-state index in [2.05, 4.69) is 15.9 Å². The van der Waals surface area contributed by atoms with Crippen molar-refractivity contribution in [2.75, 3.05) is 6.61 Å². The summed E-state index contributed by atoms with van der Waals surface area (Å²) in [6, 6.07) is 3.22. The van der Waals surface area contributed by atoms with E-state index in [9.17, 15) is 10.1 Å². The first-order valence-corrected chi connectivity index (χ1v) is 4.57. The lowest BCUT2D eigenvalue weighted by Crippen LogP contribution is -1.90. The number of hydrogen-bond donors (Lipinski definition) is 0. The zero-order chi connectivity index (χ0) is 9.42. The van der Waals surface area contributed by atoms with Gasteiger partial charge in [-0.2, -0.15) is 0 Å². The molecule has 0 saturated carbocycles. The second kappa shape index (κ2) is 2.99. The van der Waals surface area contributed by atoms with Crippen molar-refractivity contribution in [2.24, 2.45) is 0 Å². The lowest BCUT2D eigenvalue weighted by Gasteiger charge is -2.00. The van der Waals surface area contributed by atoms with Crippen LogP contribution in [-0.2, 0) is 6.42 Å². The number of fused-ring (bicyclic) bond motifs is 1. The first-order valence-electron chi connectivity index (χ1n) is 3.78. The van der Waals surface area contributed by atoms with Crippen LogP contribution < -0.4 is 4.74 Å². The molecule has 0 aromatic heterocycles. The van der Waals surface area contributed by atoms with Crippen LogP contribution in [0.25, 0.3) is 0 Å². The zero-order valence-electron chi connectivity index (χ0n) is 6.62. The van der Waals surface area contributed by atoms with E-state index in [1.807, 2.05) is 0 Å². The van der Waals surface area contributed by atoms with E-state index in [-0.39, 0.29) is 5.69 Å². The van der Waals surface area contributed by atoms with Crippen molar-refractivity contribution in [3.63, 3.8) is 0 Å². The number of hydrogen-bond acceptors (Lipinski definition) is 3. The van der Waals surface area contributed by atoms with Gasteiger partial charge in [0.1, 0.15) is 5.75 Å². The quantitative estimate of drug-likeness (QED) is 0.562. The number of nitro groups is 1. The third-order valence-electron chi connectivity index (χ3n) is 1.96. The number of benzene rings is 1. The minimum Gasteiger partial charge on any atom is -0.493 e. The summed E-state index contributed by atoms with van der Waals surface area (Å²) >= 11 is 3.13. The SMILES string of the molecule is O=[N+]([O-])c1cc2c(cc1Br)OCC2. The Balaban J connectivity index is 2.55. The maximum atomic E-state index is 10.6. The zero-order valence-corrected chi connectivity index (χ0v) is 8.20. The average Bonchev–Trinajstić information content (AvgIpc) is 2.48. The van der Waals surface area contributed by atoms with E-state index in [4.69, 9.17) is 4.74 Å². The summed E-state index contributed by atoms with van der Waals surface area (Å²) in [4.78, 5) is 10.2. The molecule has 0 N–H and O–H groups in total. The van der Waals surface area contributed by atoms with E-state index in [1.54, 1.807) is 12.1 Å². The van der Waals surface area contributed by atoms with Gasteiger partial charge in [0.2, 0.25) is 0 Å². The molecule has 4 nitrogen and oxygen atoms in total. The summed E-state index contributed by atoms with van der Waals surface area (Å²) in [7, 11) is 0. The first kappa shape index (κ1) is 8.50. The summed E-state index contributed by atoms with van der Waals surface area (Å²) in [5, 5.41) is 10.6. The molecule has 0 amide bonds. The lowest BCUT2D eigenvalue weighted by atomic mass is 10.1. The van der Waals surface area contributed by atoms with Crippen molar-refractivity contribution >= 4 is 21.6 Å². The van der Waals surface area contributed by atoms with Gasteiger partial charge in [-0.25, -0.2) is 0 Å². The third kappa shape index (κ3) is 1.39. The molecule has 68 valence electrons. The molecule has 5 heteroatoms. The van der Waals surface area contributed by atoms with Crippen LogP contribution in [-0.4, -0.2) is 11.5 Å². The molecule has 1 aliphatic heterocycles. The fourth-order valence-corrected chi connectivity index (χ4v) is 1.79. The predicted molar refractivity (Wildman–Crippen MR) is 50.0 cm³/mol. The molecular weight excluding hydrogens is 238 g/mol. The second-order valence-electron chi connectivity index (χ2n) is 2.77. The monoisotopic (exact) mass is 243 g/mol. The minimum absolute atomic E-state index is 0.101. The van der Waals surface area contributed by atoms with Gasteiger partial charge in [0.15, 0.2) is 0 Å². The summed E-state index contributed by atoms with van der Waals surface area (Å²) in [6.07, 6.45) is 0.753. The van der Waals surface area contributed by atoms with Crippen LogP contribution in [0.3, 0.4) is 0 Å². The van der Waals surface area contributed by atoms with Gasteiger partial charge in [-0.3, -0.25) is 10.1 Å². The lowest BCUT2D eigenvalue weighted by molar-refractivity contribution is -0.385. The van der Waals surface area contributed by atoms with Crippen molar-refractivity contribution in [2.45, 2.75) is 6.42 Å². The fraction of sp³-hybridized carbons (Fsp3) is 0.250. The van der Waals surface area contributed by atoms with Gasteiger partial charge < -0.3 is 4.74 Å². The topological polar surface area (TPSA) is 52.4 Å².